The van der Waals surface area contributed by atoms with Crippen LogP contribution in [0.1, 0.15) is 59.8 Å². The second-order valence-corrected chi connectivity index (χ2v) is 6.84. The smallest absolute Gasteiger partial charge is 0.308 e. The Bertz CT molecular complexity index is 264. The molecule has 2 atom stereocenters. The van der Waals surface area contributed by atoms with Gasteiger partial charge in [-0.05, 0) is 50.6 Å². The molecule has 112 valence electrons. The maximum absolute atomic E-state index is 11.4. The zero-order valence-electron chi connectivity index (χ0n) is 13.1. The molecule has 19 heavy (non-hydrogen) atoms. The monoisotopic (exact) mass is 269 g/mol. The first kappa shape index (κ1) is 16.5. The Kier molecular flexibility index (Phi) is 6.84. The highest BCUT2D eigenvalue weighted by molar-refractivity contribution is 5.71. The van der Waals surface area contributed by atoms with Gasteiger partial charge in [0.25, 0.3) is 0 Å². The van der Waals surface area contributed by atoms with Crippen molar-refractivity contribution < 1.29 is 9.90 Å². The predicted molar refractivity (Wildman–Crippen MR) is 79.2 cm³/mol. The highest BCUT2D eigenvalue weighted by Gasteiger charge is 2.36. The fraction of sp³-hybridized carbons (Fsp3) is 0.938. The number of hydrogen-bond donors (Lipinski definition) is 1. The van der Waals surface area contributed by atoms with Gasteiger partial charge in [0.05, 0.1) is 5.92 Å². The van der Waals surface area contributed by atoms with E-state index in [4.69, 9.17) is 0 Å². The molecule has 1 aliphatic carbocycles. The first-order valence-corrected chi connectivity index (χ1v) is 7.88. The average Bonchev–Trinajstić information content (AvgIpc) is 2.77. The summed E-state index contributed by atoms with van der Waals surface area (Å²) in [6, 6.07) is 0.273. The van der Waals surface area contributed by atoms with Gasteiger partial charge in [-0.1, -0.05) is 34.1 Å². The van der Waals surface area contributed by atoms with Crippen molar-refractivity contribution in [2.45, 2.75) is 65.8 Å². The van der Waals surface area contributed by atoms with E-state index in [1.165, 1.54) is 12.8 Å². The van der Waals surface area contributed by atoms with Gasteiger partial charge in [-0.2, -0.15) is 0 Å². The van der Waals surface area contributed by atoms with Crippen molar-refractivity contribution in [1.82, 2.24) is 4.90 Å². The molecule has 0 aromatic carbocycles. The van der Waals surface area contributed by atoms with E-state index in [1.807, 2.05) is 0 Å². The largest absolute Gasteiger partial charge is 0.481 e. The summed E-state index contributed by atoms with van der Waals surface area (Å²) in [7, 11) is 0. The van der Waals surface area contributed by atoms with Gasteiger partial charge < -0.3 is 5.11 Å². The Morgan fingerprint density at radius 3 is 2.05 bits per heavy atom. The van der Waals surface area contributed by atoms with Gasteiger partial charge >= 0.3 is 5.97 Å². The summed E-state index contributed by atoms with van der Waals surface area (Å²) in [4.78, 5) is 13.8. The van der Waals surface area contributed by atoms with Crippen molar-refractivity contribution in [3.63, 3.8) is 0 Å². The van der Waals surface area contributed by atoms with Crippen LogP contribution >= 0.6 is 0 Å². The van der Waals surface area contributed by atoms with Gasteiger partial charge in [-0.3, -0.25) is 9.69 Å². The van der Waals surface area contributed by atoms with E-state index in [9.17, 15) is 9.90 Å². The van der Waals surface area contributed by atoms with Crippen molar-refractivity contribution in [2.75, 3.05) is 13.1 Å². The van der Waals surface area contributed by atoms with Crippen LogP contribution in [0.25, 0.3) is 0 Å². The molecule has 1 rings (SSSR count). The number of carboxylic acid groups (broad SMARTS) is 1. The third-order valence-electron chi connectivity index (χ3n) is 4.25. The molecule has 0 aliphatic heterocycles. The molecule has 0 bridgehead atoms. The molecule has 1 N–H and O–H groups in total. The van der Waals surface area contributed by atoms with Crippen LogP contribution in [0.2, 0.25) is 0 Å². The summed E-state index contributed by atoms with van der Waals surface area (Å²) in [5.74, 6) is 0.637. The fourth-order valence-corrected chi connectivity index (χ4v) is 2.96. The molecule has 1 aliphatic rings. The Morgan fingerprint density at radius 1 is 1.11 bits per heavy atom. The standard InChI is InChI=1S/C16H31NO2/c1-12(2)8-10-17(11-9-13(3)4)15-7-5-6-14(15)16(18)19/h12-15H,5-11H2,1-4H3,(H,18,19). The van der Waals surface area contributed by atoms with Crippen LogP contribution in [0.3, 0.4) is 0 Å². The summed E-state index contributed by atoms with van der Waals surface area (Å²) in [6.45, 7) is 11.1. The Labute approximate surface area is 118 Å². The minimum Gasteiger partial charge on any atom is -0.481 e. The Balaban J connectivity index is 2.62. The molecule has 3 nitrogen and oxygen atoms in total. The van der Waals surface area contributed by atoms with E-state index in [0.717, 1.165) is 32.4 Å². The lowest BCUT2D eigenvalue weighted by molar-refractivity contribution is -0.143. The summed E-state index contributed by atoms with van der Waals surface area (Å²) in [5.41, 5.74) is 0. The van der Waals surface area contributed by atoms with Gasteiger partial charge in [-0.25, -0.2) is 0 Å². The van der Waals surface area contributed by atoms with E-state index >= 15 is 0 Å². The van der Waals surface area contributed by atoms with Crippen LogP contribution in [0.4, 0.5) is 0 Å². The van der Waals surface area contributed by atoms with Crippen LogP contribution in [-0.2, 0) is 4.79 Å². The quantitative estimate of drug-likeness (QED) is 0.731. The van der Waals surface area contributed by atoms with Gasteiger partial charge in [-0.15, -0.1) is 0 Å². The number of aliphatic carboxylic acids is 1. The molecule has 0 radical (unpaired) electrons. The minimum absolute atomic E-state index is 0.140. The van der Waals surface area contributed by atoms with Gasteiger partial charge in [0, 0.05) is 6.04 Å². The lowest BCUT2D eigenvalue weighted by atomic mass is 10.00. The maximum Gasteiger partial charge on any atom is 0.308 e. The van der Waals surface area contributed by atoms with Gasteiger partial charge in [0.1, 0.15) is 0 Å². The van der Waals surface area contributed by atoms with E-state index in [-0.39, 0.29) is 12.0 Å². The summed E-state index contributed by atoms with van der Waals surface area (Å²) in [5, 5.41) is 9.36. The summed E-state index contributed by atoms with van der Waals surface area (Å²) >= 11 is 0. The molecule has 3 heteroatoms. The molecule has 0 saturated heterocycles. The molecule has 1 fully saturated rings. The lowest BCUT2D eigenvalue weighted by Crippen LogP contribution is -2.42. The van der Waals surface area contributed by atoms with Crippen molar-refractivity contribution >= 4 is 5.97 Å². The van der Waals surface area contributed by atoms with E-state index in [2.05, 4.69) is 32.6 Å². The second kappa shape index (κ2) is 7.88. The Morgan fingerprint density at radius 2 is 1.63 bits per heavy atom. The van der Waals surface area contributed by atoms with Crippen molar-refractivity contribution in [1.29, 1.82) is 0 Å². The maximum atomic E-state index is 11.4. The Hall–Kier alpha value is -0.570. The first-order valence-electron chi connectivity index (χ1n) is 7.88. The molecule has 0 aromatic heterocycles. The molecule has 0 amide bonds. The average molecular weight is 269 g/mol. The van der Waals surface area contributed by atoms with Crippen LogP contribution in [-0.4, -0.2) is 35.1 Å². The van der Waals surface area contributed by atoms with Crippen LogP contribution in [0.5, 0.6) is 0 Å². The van der Waals surface area contributed by atoms with Crippen molar-refractivity contribution in [2.24, 2.45) is 17.8 Å². The third-order valence-corrected chi connectivity index (χ3v) is 4.25. The predicted octanol–water partition coefficient (Wildman–Crippen LogP) is 3.63. The lowest BCUT2D eigenvalue weighted by Gasteiger charge is -2.32. The second-order valence-electron chi connectivity index (χ2n) is 6.84. The molecule has 0 heterocycles. The van der Waals surface area contributed by atoms with Gasteiger partial charge in [0.2, 0.25) is 0 Å². The van der Waals surface area contributed by atoms with Crippen molar-refractivity contribution in [3.8, 4) is 0 Å². The molecule has 0 aromatic rings. The van der Waals surface area contributed by atoms with Crippen LogP contribution in [0, 0.1) is 17.8 Å². The van der Waals surface area contributed by atoms with E-state index in [0.29, 0.717) is 11.8 Å². The highest BCUT2D eigenvalue weighted by Crippen LogP contribution is 2.31. The molecule has 0 spiro atoms. The topological polar surface area (TPSA) is 40.5 Å². The first-order chi connectivity index (χ1) is 8.91. The number of hydrogen-bond acceptors (Lipinski definition) is 2. The van der Waals surface area contributed by atoms with E-state index < -0.39 is 5.97 Å². The zero-order chi connectivity index (χ0) is 14.4. The minimum atomic E-state index is -0.596. The third kappa shape index (κ3) is 5.52. The molecule has 2 unspecified atom stereocenters. The van der Waals surface area contributed by atoms with Crippen LogP contribution < -0.4 is 0 Å². The number of carbonyl (C=O) groups is 1. The molecular weight excluding hydrogens is 238 g/mol. The van der Waals surface area contributed by atoms with Gasteiger partial charge in [0.15, 0.2) is 0 Å². The number of rotatable bonds is 8. The van der Waals surface area contributed by atoms with Crippen molar-refractivity contribution in [3.05, 3.63) is 0 Å². The highest BCUT2D eigenvalue weighted by atomic mass is 16.4. The summed E-state index contributed by atoms with van der Waals surface area (Å²) in [6.07, 6.45) is 5.33. The SMILES string of the molecule is CC(C)CCN(CCC(C)C)C1CCCC1C(=O)O. The zero-order valence-corrected chi connectivity index (χ0v) is 13.1. The van der Waals surface area contributed by atoms with E-state index in [1.54, 1.807) is 0 Å². The molecular formula is C16H31NO2. The number of carboxylic acids is 1. The normalized spacial score (nSPS) is 23.7. The number of nitrogens with zero attached hydrogens (tertiary/aromatic N) is 1. The van der Waals surface area contributed by atoms with Crippen LogP contribution in [0.15, 0.2) is 0 Å². The summed E-state index contributed by atoms with van der Waals surface area (Å²) < 4.78 is 0. The fourth-order valence-electron chi connectivity index (χ4n) is 2.96. The molecule has 1 saturated carbocycles.